The van der Waals surface area contributed by atoms with E-state index in [1.807, 2.05) is 36.4 Å². The Hall–Kier alpha value is -1.90. The Bertz CT molecular complexity index is 366. The molecule has 0 aromatic heterocycles. The van der Waals surface area contributed by atoms with Gasteiger partial charge in [0.05, 0.1) is 0 Å². The van der Waals surface area contributed by atoms with Crippen LogP contribution in [0.5, 0.6) is 0 Å². The average molecular weight is 212 g/mol. The molecule has 0 bridgehead atoms. The molecule has 0 radical (unpaired) electrons. The standard InChI is InChI=1S/C14H12.H4N2/c1-3-7-13(8-4-1)11-12-14-9-5-2-6-10-14;1-2/h1-12H;1-2H2. The lowest BCUT2D eigenvalue weighted by molar-refractivity contribution is 1.26. The fourth-order valence-corrected chi connectivity index (χ4v) is 1.32. The van der Waals surface area contributed by atoms with Crippen LogP contribution < -0.4 is 11.7 Å². The van der Waals surface area contributed by atoms with E-state index < -0.39 is 0 Å². The van der Waals surface area contributed by atoms with Gasteiger partial charge in [-0.05, 0) is 11.1 Å². The van der Waals surface area contributed by atoms with Crippen molar-refractivity contribution in [1.82, 2.24) is 0 Å². The minimum Gasteiger partial charge on any atom is -0.274 e. The summed E-state index contributed by atoms with van der Waals surface area (Å²) in [6.07, 6.45) is 4.24. The molecule has 16 heavy (non-hydrogen) atoms. The summed E-state index contributed by atoms with van der Waals surface area (Å²) in [5, 5.41) is 0. The van der Waals surface area contributed by atoms with Crippen molar-refractivity contribution in [3.05, 3.63) is 71.8 Å². The third kappa shape index (κ3) is 4.09. The Kier molecular flexibility index (Phi) is 5.63. The van der Waals surface area contributed by atoms with Crippen LogP contribution in [0.15, 0.2) is 60.7 Å². The van der Waals surface area contributed by atoms with Gasteiger partial charge in [-0.25, -0.2) is 0 Å². The third-order valence-electron chi connectivity index (χ3n) is 2.07. The monoisotopic (exact) mass is 212 g/mol. The zero-order valence-electron chi connectivity index (χ0n) is 9.08. The fraction of sp³-hybridized carbons (Fsp3) is 0. The molecular weight excluding hydrogens is 196 g/mol. The van der Waals surface area contributed by atoms with Crippen LogP contribution in [0.1, 0.15) is 11.1 Å². The van der Waals surface area contributed by atoms with Gasteiger partial charge in [-0.3, -0.25) is 11.7 Å². The maximum atomic E-state index is 4.00. The molecular formula is C14H16N2. The molecule has 0 saturated carbocycles. The number of rotatable bonds is 2. The predicted molar refractivity (Wildman–Crippen MR) is 70.2 cm³/mol. The molecule has 0 heterocycles. The molecule has 2 nitrogen and oxygen atoms in total. The maximum Gasteiger partial charge on any atom is -0.0256 e. The van der Waals surface area contributed by atoms with E-state index in [0.29, 0.717) is 0 Å². The van der Waals surface area contributed by atoms with Crippen LogP contribution in [0.3, 0.4) is 0 Å². The second kappa shape index (κ2) is 7.40. The lowest BCUT2D eigenvalue weighted by Gasteiger charge is -1.92. The van der Waals surface area contributed by atoms with Gasteiger partial charge >= 0.3 is 0 Å². The summed E-state index contributed by atoms with van der Waals surface area (Å²) >= 11 is 0. The summed E-state index contributed by atoms with van der Waals surface area (Å²) in [6.45, 7) is 0. The Morgan fingerprint density at radius 1 is 0.562 bits per heavy atom. The average Bonchev–Trinajstić information content (AvgIpc) is 2.41. The van der Waals surface area contributed by atoms with Gasteiger partial charge in [0, 0.05) is 0 Å². The molecule has 0 saturated heterocycles. The van der Waals surface area contributed by atoms with Crippen LogP contribution in [0.4, 0.5) is 0 Å². The smallest absolute Gasteiger partial charge is 0.0256 e. The number of benzene rings is 2. The highest BCUT2D eigenvalue weighted by Gasteiger charge is 1.84. The molecule has 4 N–H and O–H groups in total. The van der Waals surface area contributed by atoms with Gasteiger partial charge in [0.2, 0.25) is 0 Å². The minimum absolute atomic E-state index is 1.23. The highest BCUT2D eigenvalue weighted by molar-refractivity contribution is 5.69. The van der Waals surface area contributed by atoms with Gasteiger partial charge in [0.25, 0.3) is 0 Å². The van der Waals surface area contributed by atoms with Crippen LogP contribution in [0, 0.1) is 0 Å². The largest absolute Gasteiger partial charge is 0.274 e. The SMILES string of the molecule is C(=Cc1ccccc1)c1ccccc1.NN. The molecule has 0 amide bonds. The van der Waals surface area contributed by atoms with Gasteiger partial charge in [0.15, 0.2) is 0 Å². The van der Waals surface area contributed by atoms with Crippen molar-refractivity contribution in [3.63, 3.8) is 0 Å². The van der Waals surface area contributed by atoms with Crippen molar-refractivity contribution in [2.45, 2.75) is 0 Å². The summed E-state index contributed by atoms with van der Waals surface area (Å²) in [7, 11) is 0. The molecule has 2 heteroatoms. The molecule has 2 aromatic rings. The maximum absolute atomic E-state index is 4.00. The molecule has 0 aliphatic heterocycles. The second-order valence-electron chi connectivity index (χ2n) is 3.15. The number of hydrogen-bond donors (Lipinski definition) is 2. The molecule has 2 aromatic carbocycles. The van der Waals surface area contributed by atoms with E-state index in [0.717, 1.165) is 0 Å². The highest BCUT2D eigenvalue weighted by Crippen LogP contribution is 2.06. The van der Waals surface area contributed by atoms with E-state index in [-0.39, 0.29) is 0 Å². The summed E-state index contributed by atoms with van der Waals surface area (Å²) in [5.41, 5.74) is 2.47. The van der Waals surface area contributed by atoms with E-state index >= 15 is 0 Å². The van der Waals surface area contributed by atoms with Crippen molar-refractivity contribution >= 4 is 12.2 Å². The van der Waals surface area contributed by atoms with Crippen LogP contribution >= 0.6 is 0 Å². The van der Waals surface area contributed by atoms with Crippen molar-refractivity contribution in [2.75, 3.05) is 0 Å². The topological polar surface area (TPSA) is 52.0 Å². The van der Waals surface area contributed by atoms with Crippen LogP contribution in [-0.2, 0) is 0 Å². The zero-order chi connectivity index (χ0) is 11.6. The molecule has 2 rings (SSSR count). The first-order valence-electron chi connectivity index (χ1n) is 5.07. The Balaban J connectivity index is 0.000000606. The first kappa shape index (κ1) is 12.2. The lowest BCUT2D eigenvalue weighted by atomic mass is 10.1. The van der Waals surface area contributed by atoms with E-state index in [4.69, 9.17) is 0 Å². The fourth-order valence-electron chi connectivity index (χ4n) is 1.32. The summed E-state index contributed by atoms with van der Waals surface area (Å²) < 4.78 is 0. The summed E-state index contributed by atoms with van der Waals surface area (Å²) in [4.78, 5) is 0. The van der Waals surface area contributed by atoms with Crippen LogP contribution in [0.2, 0.25) is 0 Å². The molecule has 82 valence electrons. The van der Waals surface area contributed by atoms with E-state index in [2.05, 4.69) is 48.1 Å². The van der Waals surface area contributed by atoms with Gasteiger partial charge in [0.1, 0.15) is 0 Å². The van der Waals surface area contributed by atoms with E-state index in [1.54, 1.807) is 0 Å². The summed E-state index contributed by atoms with van der Waals surface area (Å²) in [6, 6.07) is 20.6. The normalized spacial score (nSPS) is 9.62. The van der Waals surface area contributed by atoms with Crippen molar-refractivity contribution in [2.24, 2.45) is 11.7 Å². The number of hydrogen-bond acceptors (Lipinski definition) is 2. The Morgan fingerprint density at radius 2 is 0.875 bits per heavy atom. The lowest BCUT2D eigenvalue weighted by Crippen LogP contribution is -2.02. The molecule has 0 aliphatic rings. The zero-order valence-corrected chi connectivity index (χ0v) is 9.08. The quantitative estimate of drug-likeness (QED) is 0.457. The molecule has 0 atom stereocenters. The molecule has 0 unspecified atom stereocenters. The minimum atomic E-state index is 1.23. The number of hydrazine groups is 1. The van der Waals surface area contributed by atoms with E-state index in [1.165, 1.54) is 11.1 Å². The highest BCUT2D eigenvalue weighted by atomic mass is 15.0. The predicted octanol–water partition coefficient (Wildman–Crippen LogP) is 2.68. The Morgan fingerprint density at radius 3 is 1.19 bits per heavy atom. The first-order valence-corrected chi connectivity index (χ1v) is 5.07. The molecule has 0 aliphatic carbocycles. The first-order chi connectivity index (χ1) is 7.95. The molecule has 0 spiro atoms. The van der Waals surface area contributed by atoms with Gasteiger partial charge in [-0.15, -0.1) is 0 Å². The van der Waals surface area contributed by atoms with Crippen molar-refractivity contribution in [3.8, 4) is 0 Å². The van der Waals surface area contributed by atoms with Crippen molar-refractivity contribution < 1.29 is 0 Å². The van der Waals surface area contributed by atoms with Gasteiger partial charge < -0.3 is 0 Å². The van der Waals surface area contributed by atoms with Crippen molar-refractivity contribution in [1.29, 1.82) is 0 Å². The van der Waals surface area contributed by atoms with E-state index in [9.17, 15) is 0 Å². The second-order valence-corrected chi connectivity index (χ2v) is 3.15. The molecule has 0 fully saturated rings. The van der Waals surface area contributed by atoms with Crippen LogP contribution in [-0.4, -0.2) is 0 Å². The number of nitrogens with two attached hydrogens (primary N) is 2. The van der Waals surface area contributed by atoms with Gasteiger partial charge in [-0.1, -0.05) is 72.8 Å². The Labute approximate surface area is 96.2 Å². The van der Waals surface area contributed by atoms with Crippen LogP contribution in [0.25, 0.3) is 12.2 Å². The summed E-state index contributed by atoms with van der Waals surface area (Å²) in [5.74, 6) is 8.00. The third-order valence-corrected chi connectivity index (χ3v) is 2.07. The van der Waals surface area contributed by atoms with Gasteiger partial charge in [-0.2, -0.15) is 0 Å².